The summed E-state index contributed by atoms with van der Waals surface area (Å²) in [6, 6.07) is 15.1. The first-order valence-electron chi connectivity index (χ1n) is 5.67. The molecule has 0 heterocycles. The van der Waals surface area contributed by atoms with E-state index in [2.05, 4.69) is 22.0 Å². The summed E-state index contributed by atoms with van der Waals surface area (Å²) in [5.74, 6) is 1.24. The molecule has 0 spiro atoms. The van der Waals surface area contributed by atoms with E-state index in [-0.39, 0.29) is 0 Å². The third kappa shape index (κ3) is 3.73. The largest absolute Gasteiger partial charge is 0.497 e. The fraction of sp³-hybridized carbons (Fsp3) is 0.133. The summed E-state index contributed by atoms with van der Waals surface area (Å²) in [4.78, 5) is 0. The van der Waals surface area contributed by atoms with Crippen molar-refractivity contribution in [1.29, 1.82) is 5.26 Å². The van der Waals surface area contributed by atoms with Gasteiger partial charge in [-0.15, -0.1) is 0 Å². The van der Waals surface area contributed by atoms with Gasteiger partial charge in [-0.05, 0) is 29.8 Å². The van der Waals surface area contributed by atoms with Gasteiger partial charge in [0.15, 0.2) is 0 Å². The van der Waals surface area contributed by atoms with Crippen molar-refractivity contribution >= 4 is 15.9 Å². The molecule has 0 bridgehead atoms. The van der Waals surface area contributed by atoms with Crippen LogP contribution in [-0.2, 0) is 6.61 Å². The van der Waals surface area contributed by atoms with Crippen LogP contribution in [0, 0.1) is 11.3 Å². The van der Waals surface area contributed by atoms with Crippen molar-refractivity contribution in [3.63, 3.8) is 0 Å². The lowest BCUT2D eigenvalue weighted by atomic mass is 10.2. The molecule has 0 fully saturated rings. The van der Waals surface area contributed by atoms with Gasteiger partial charge in [0.2, 0.25) is 0 Å². The Labute approximate surface area is 120 Å². The summed E-state index contributed by atoms with van der Waals surface area (Å²) >= 11 is 3.42. The number of ether oxygens (including phenoxy) is 2. The highest BCUT2D eigenvalue weighted by molar-refractivity contribution is 9.10. The van der Waals surface area contributed by atoms with Crippen molar-refractivity contribution in [2.45, 2.75) is 6.61 Å². The van der Waals surface area contributed by atoms with E-state index in [1.165, 1.54) is 0 Å². The normalized spacial score (nSPS) is 9.74. The van der Waals surface area contributed by atoms with E-state index in [9.17, 15) is 0 Å². The topological polar surface area (TPSA) is 42.2 Å². The van der Waals surface area contributed by atoms with E-state index < -0.39 is 0 Å². The molecular formula is C15H12BrNO2. The van der Waals surface area contributed by atoms with Gasteiger partial charge in [-0.2, -0.15) is 5.26 Å². The number of rotatable bonds is 4. The van der Waals surface area contributed by atoms with Crippen molar-refractivity contribution < 1.29 is 9.47 Å². The van der Waals surface area contributed by atoms with Crippen molar-refractivity contribution in [2.75, 3.05) is 7.11 Å². The van der Waals surface area contributed by atoms with Crippen LogP contribution in [0.25, 0.3) is 0 Å². The number of nitriles is 1. The van der Waals surface area contributed by atoms with Gasteiger partial charge in [0.1, 0.15) is 18.1 Å². The molecule has 0 saturated carbocycles. The van der Waals surface area contributed by atoms with Crippen LogP contribution in [-0.4, -0.2) is 7.11 Å². The lowest BCUT2D eigenvalue weighted by molar-refractivity contribution is 0.303. The third-order valence-electron chi connectivity index (χ3n) is 2.54. The highest BCUT2D eigenvalue weighted by atomic mass is 79.9. The second-order valence-corrected chi connectivity index (χ2v) is 4.84. The standard InChI is InChI=1S/C15H12BrNO2/c1-18-14-6-12(9-17)7-15(8-14)19-10-11-3-2-4-13(16)5-11/h2-8H,10H2,1H3. The van der Waals surface area contributed by atoms with Gasteiger partial charge in [0.25, 0.3) is 0 Å². The maximum absolute atomic E-state index is 8.94. The number of benzene rings is 2. The lowest BCUT2D eigenvalue weighted by Gasteiger charge is -2.09. The van der Waals surface area contributed by atoms with Crippen LogP contribution in [0.15, 0.2) is 46.9 Å². The first kappa shape index (κ1) is 13.4. The molecule has 96 valence electrons. The van der Waals surface area contributed by atoms with Gasteiger partial charge < -0.3 is 9.47 Å². The van der Waals surface area contributed by atoms with Gasteiger partial charge in [0.05, 0.1) is 18.7 Å². The fourth-order valence-electron chi connectivity index (χ4n) is 1.63. The zero-order valence-electron chi connectivity index (χ0n) is 10.4. The first-order chi connectivity index (χ1) is 9.21. The highest BCUT2D eigenvalue weighted by Gasteiger charge is 2.03. The Bertz CT molecular complexity index is 620. The van der Waals surface area contributed by atoms with Crippen molar-refractivity contribution in [1.82, 2.24) is 0 Å². The van der Waals surface area contributed by atoms with Crippen LogP contribution in [0.4, 0.5) is 0 Å². The van der Waals surface area contributed by atoms with E-state index in [1.807, 2.05) is 24.3 Å². The Morgan fingerprint density at radius 3 is 2.63 bits per heavy atom. The van der Waals surface area contributed by atoms with Gasteiger partial charge in [-0.25, -0.2) is 0 Å². The molecule has 0 aliphatic rings. The van der Waals surface area contributed by atoms with Gasteiger partial charge in [0, 0.05) is 10.5 Å². The van der Waals surface area contributed by atoms with Crippen molar-refractivity contribution in [2.24, 2.45) is 0 Å². The Morgan fingerprint density at radius 2 is 1.95 bits per heavy atom. The van der Waals surface area contributed by atoms with Crippen molar-refractivity contribution in [3.05, 3.63) is 58.1 Å². The molecule has 0 N–H and O–H groups in total. The summed E-state index contributed by atoms with van der Waals surface area (Å²) in [7, 11) is 1.56. The molecular weight excluding hydrogens is 306 g/mol. The van der Waals surface area contributed by atoms with Crippen LogP contribution in [0.1, 0.15) is 11.1 Å². The molecule has 0 atom stereocenters. The van der Waals surface area contributed by atoms with Crippen LogP contribution in [0.5, 0.6) is 11.5 Å². The molecule has 3 nitrogen and oxygen atoms in total. The summed E-state index contributed by atoms with van der Waals surface area (Å²) in [6.45, 7) is 0.442. The van der Waals surface area contributed by atoms with Gasteiger partial charge in [-0.3, -0.25) is 0 Å². The smallest absolute Gasteiger partial charge is 0.124 e. The molecule has 0 aromatic heterocycles. The zero-order valence-corrected chi connectivity index (χ0v) is 12.0. The maximum Gasteiger partial charge on any atom is 0.124 e. The number of hydrogen-bond donors (Lipinski definition) is 0. The Hall–Kier alpha value is -1.99. The lowest BCUT2D eigenvalue weighted by Crippen LogP contribution is -1.96. The minimum absolute atomic E-state index is 0.442. The minimum Gasteiger partial charge on any atom is -0.497 e. The number of halogens is 1. The number of methoxy groups -OCH3 is 1. The molecule has 19 heavy (non-hydrogen) atoms. The fourth-order valence-corrected chi connectivity index (χ4v) is 2.08. The Morgan fingerprint density at radius 1 is 1.16 bits per heavy atom. The second kappa shape index (κ2) is 6.26. The summed E-state index contributed by atoms with van der Waals surface area (Å²) in [5.41, 5.74) is 1.57. The maximum atomic E-state index is 8.94. The van der Waals surface area contributed by atoms with E-state index in [0.29, 0.717) is 23.7 Å². The first-order valence-corrected chi connectivity index (χ1v) is 6.47. The molecule has 2 aromatic rings. The summed E-state index contributed by atoms with van der Waals surface area (Å²) in [6.07, 6.45) is 0. The molecule has 0 aliphatic heterocycles. The predicted molar refractivity (Wildman–Crippen MR) is 76.2 cm³/mol. The monoisotopic (exact) mass is 317 g/mol. The molecule has 0 unspecified atom stereocenters. The summed E-state index contributed by atoms with van der Waals surface area (Å²) < 4.78 is 11.8. The molecule has 2 aromatic carbocycles. The van der Waals surface area contributed by atoms with Crippen molar-refractivity contribution in [3.8, 4) is 17.6 Å². The SMILES string of the molecule is COc1cc(C#N)cc(OCc2cccc(Br)c2)c1. The third-order valence-corrected chi connectivity index (χ3v) is 3.03. The molecule has 0 saturated heterocycles. The van der Waals surface area contributed by atoms with Gasteiger partial charge in [-0.1, -0.05) is 28.1 Å². The van der Waals surface area contributed by atoms with E-state index in [0.717, 1.165) is 10.0 Å². The van der Waals surface area contributed by atoms with Crippen LogP contribution >= 0.6 is 15.9 Å². The van der Waals surface area contributed by atoms with E-state index in [1.54, 1.807) is 25.3 Å². The molecule has 4 heteroatoms. The van der Waals surface area contributed by atoms with Crippen LogP contribution < -0.4 is 9.47 Å². The Kier molecular flexibility index (Phi) is 4.43. The van der Waals surface area contributed by atoms with E-state index >= 15 is 0 Å². The minimum atomic E-state index is 0.442. The van der Waals surface area contributed by atoms with Crippen LogP contribution in [0.3, 0.4) is 0 Å². The Balaban J connectivity index is 2.13. The second-order valence-electron chi connectivity index (χ2n) is 3.93. The predicted octanol–water partition coefficient (Wildman–Crippen LogP) is 3.91. The van der Waals surface area contributed by atoms with E-state index in [4.69, 9.17) is 14.7 Å². The average molecular weight is 318 g/mol. The van der Waals surface area contributed by atoms with Crippen LogP contribution in [0.2, 0.25) is 0 Å². The summed E-state index contributed by atoms with van der Waals surface area (Å²) in [5, 5.41) is 8.94. The number of hydrogen-bond acceptors (Lipinski definition) is 3. The highest BCUT2D eigenvalue weighted by Crippen LogP contribution is 2.23. The zero-order chi connectivity index (χ0) is 13.7. The average Bonchev–Trinajstić information content (AvgIpc) is 2.44. The molecule has 0 aliphatic carbocycles. The quantitative estimate of drug-likeness (QED) is 0.858. The molecule has 2 rings (SSSR count). The number of nitrogens with zero attached hydrogens (tertiary/aromatic N) is 1. The van der Waals surface area contributed by atoms with Gasteiger partial charge >= 0.3 is 0 Å². The molecule has 0 amide bonds. The molecule has 0 radical (unpaired) electrons.